The zero-order valence-electron chi connectivity index (χ0n) is 51.7. The van der Waals surface area contributed by atoms with Crippen molar-refractivity contribution in [2.45, 2.75) is 258 Å². The normalized spacial score (nSPS) is 13.4. The van der Waals surface area contributed by atoms with Crippen LogP contribution in [0.2, 0.25) is 0 Å². The maximum absolute atomic E-state index is 12.9. The summed E-state index contributed by atoms with van der Waals surface area (Å²) >= 11 is 0. The highest BCUT2D eigenvalue weighted by Gasteiger charge is 2.19. The average molecular weight is 1110 g/mol. The Morgan fingerprint density at radius 3 is 0.741 bits per heavy atom. The SMILES string of the molecule is CC/C=C\C/C=C\C/C=C\C/C=C\C/C=C\C/C=C\C/C=C\CCCC(=O)OCC(COC(=O)CCCCCC/C=C\C/C=C\C/C=C\C/C=C\CC)OC(=O)CCCCCCCCCCCC/C=C\C/C=C\C/C=C\C/C=C\CC. The summed E-state index contributed by atoms with van der Waals surface area (Å²) in [6, 6.07) is 0. The third-order valence-corrected chi connectivity index (χ3v) is 12.9. The minimum atomic E-state index is -0.827. The lowest BCUT2D eigenvalue weighted by molar-refractivity contribution is -0.167. The molecule has 0 aromatic heterocycles. The van der Waals surface area contributed by atoms with Crippen molar-refractivity contribution in [2.24, 2.45) is 0 Å². The smallest absolute Gasteiger partial charge is 0.306 e. The molecule has 1 unspecified atom stereocenters. The van der Waals surface area contributed by atoms with E-state index < -0.39 is 6.10 Å². The third-order valence-electron chi connectivity index (χ3n) is 12.9. The van der Waals surface area contributed by atoms with Crippen LogP contribution in [0.15, 0.2) is 182 Å². The van der Waals surface area contributed by atoms with Crippen LogP contribution in [0.5, 0.6) is 0 Å². The Hall–Kier alpha value is -5.49. The average Bonchev–Trinajstić information content (AvgIpc) is 3.47. The minimum Gasteiger partial charge on any atom is -0.462 e. The van der Waals surface area contributed by atoms with Gasteiger partial charge in [-0.05, 0) is 148 Å². The number of hydrogen-bond acceptors (Lipinski definition) is 6. The van der Waals surface area contributed by atoms with Gasteiger partial charge < -0.3 is 14.2 Å². The highest BCUT2D eigenvalue weighted by atomic mass is 16.6. The van der Waals surface area contributed by atoms with Crippen LogP contribution in [0.3, 0.4) is 0 Å². The van der Waals surface area contributed by atoms with Gasteiger partial charge in [-0.3, -0.25) is 14.4 Å². The van der Waals surface area contributed by atoms with E-state index in [0.717, 1.165) is 161 Å². The lowest BCUT2D eigenvalue weighted by Crippen LogP contribution is -2.30. The summed E-state index contributed by atoms with van der Waals surface area (Å²) in [6.45, 7) is 6.22. The highest BCUT2D eigenvalue weighted by Crippen LogP contribution is 2.14. The molecule has 0 aliphatic carbocycles. The molecule has 0 heterocycles. The summed E-state index contributed by atoms with van der Waals surface area (Å²) in [5, 5.41) is 0. The van der Waals surface area contributed by atoms with E-state index in [9.17, 15) is 14.4 Å². The van der Waals surface area contributed by atoms with E-state index >= 15 is 0 Å². The van der Waals surface area contributed by atoms with Gasteiger partial charge in [0.15, 0.2) is 6.10 Å². The first-order chi connectivity index (χ1) is 40.0. The van der Waals surface area contributed by atoms with Crippen molar-refractivity contribution in [1.82, 2.24) is 0 Å². The number of rotatable bonds is 56. The van der Waals surface area contributed by atoms with Crippen molar-refractivity contribution < 1.29 is 28.6 Å². The summed E-state index contributed by atoms with van der Waals surface area (Å²) < 4.78 is 16.9. The predicted molar refractivity (Wildman–Crippen MR) is 352 cm³/mol. The van der Waals surface area contributed by atoms with Crippen molar-refractivity contribution in [3.63, 3.8) is 0 Å². The van der Waals surface area contributed by atoms with Gasteiger partial charge in [0.2, 0.25) is 0 Å². The number of ether oxygens (including phenoxy) is 3. The maximum atomic E-state index is 12.9. The van der Waals surface area contributed by atoms with Gasteiger partial charge in [0.05, 0.1) is 0 Å². The summed E-state index contributed by atoms with van der Waals surface area (Å²) in [7, 11) is 0. The number of allylic oxidation sites excluding steroid dienone is 30. The fraction of sp³-hybridized carbons (Fsp3) is 0.560. The number of carbonyl (C=O) groups excluding carboxylic acids is 3. The van der Waals surface area contributed by atoms with Gasteiger partial charge in [-0.1, -0.05) is 267 Å². The molecule has 0 saturated heterocycles. The Kier molecular flexibility index (Phi) is 62.5. The molecule has 0 radical (unpaired) electrons. The van der Waals surface area contributed by atoms with Gasteiger partial charge >= 0.3 is 17.9 Å². The number of unbranched alkanes of at least 4 members (excludes halogenated alkanes) is 15. The molecular weight excluding hydrogens is 997 g/mol. The Balaban J connectivity index is 4.55. The molecule has 0 rings (SSSR count). The van der Waals surface area contributed by atoms with Crippen molar-refractivity contribution in [2.75, 3.05) is 13.2 Å². The topological polar surface area (TPSA) is 78.9 Å². The number of carbonyl (C=O) groups is 3. The summed E-state index contributed by atoms with van der Waals surface area (Å²) in [5.41, 5.74) is 0. The summed E-state index contributed by atoms with van der Waals surface area (Å²) in [4.78, 5) is 38.4. The summed E-state index contributed by atoms with van der Waals surface area (Å²) in [6.07, 6.45) is 100. The zero-order valence-corrected chi connectivity index (χ0v) is 51.7. The van der Waals surface area contributed by atoms with E-state index in [0.29, 0.717) is 19.3 Å². The molecule has 0 aliphatic rings. The molecule has 0 amide bonds. The van der Waals surface area contributed by atoms with Crippen LogP contribution in [-0.2, 0) is 28.6 Å². The third kappa shape index (κ3) is 65.2. The van der Waals surface area contributed by atoms with Gasteiger partial charge in [-0.25, -0.2) is 0 Å². The molecule has 1 atom stereocenters. The molecule has 6 nitrogen and oxygen atoms in total. The fourth-order valence-corrected chi connectivity index (χ4v) is 8.18. The first kappa shape index (κ1) is 75.5. The lowest BCUT2D eigenvalue weighted by atomic mass is 10.0. The minimum absolute atomic E-state index is 0.120. The molecule has 81 heavy (non-hydrogen) atoms. The molecule has 6 heteroatoms. The number of hydrogen-bond donors (Lipinski definition) is 0. The van der Waals surface area contributed by atoms with Crippen LogP contribution in [0.25, 0.3) is 0 Å². The number of esters is 3. The Bertz CT molecular complexity index is 1900. The quantitative estimate of drug-likeness (QED) is 0.0261. The molecule has 0 aromatic rings. The van der Waals surface area contributed by atoms with E-state index in [1.807, 2.05) is 0 Å². The van der Waals surface area contributed by atoms with Gasteiger partial charge in [0, 0.05) is 19.3 Å². The predicted octanol–water partition coefficient (Wildman–Crippen LogP) is 22.4. The molecule has 0 spiro atoms. The van der Waals surface area contributed by atoms with Crippen LogP contribution in [-0.4, -0.2) is 37.2 Å². The van der Waals surface area contributed by atoms with Crippen LogP contribution < -0.4 is 0 Å². The van der Waals surface area contributed by atoms with Crippen LogP contribution in [0.4, 0.5) is 0 Å². The van der Waals surface area contributed by atoms with Crippen molar-refractivity contribution in [3.8, 4) is 0 Å². The Labute approximate surface area is 497 Å². The zero-order chi connectivity index (χ0) is 58.5. The summed E-state index contributed by atoms with van der Waals surface area (Å²) in [5.74, 6) is -1.01. The van der Waals surface area contributed by atoms with E-state index in [1.54, 1.807) is 0 Å². The molecule has 0 aromatic carbocycles. The molecule has 0 bridgehead atoms. The standard InChI is InChI=1S/C75H116O6/c1-4-7-10-13-16-19-22-25-28-31-33-35-37-39-41-44-47-50-53-56-59-62-65-68-74(77)80-71-72(70-79-73(76)67-64-61-58-55-52-49-46-43-30-27-24-21-18-15-12-9-6-3)81-75(78)69-66-63-60-57-54-51-48-45-42-40-38-36-34-32-29-26-23-20-17-14-11-8-5-2/h7-12,16-21,25-30,33-36,39,41,46-47,49-50,56,59,72H,4-6,13-15,22-24,31-32,37-38,40,42-45,48,51-55,57-58,60-71H2,1-3H3/b10-7-,11-8-,12-9-,19-16-,20-17-,21-18-,28-25-,29-26-,30-27-,35-33-,36-34-,41-39-,49-46-,50-47-,59-56-. The fourth-order valence-electron chi connectivity index (χ4n) is 8.18. The molecule has 0 saturated carbocycles. The van der Waals surface area contributed by atoms with Crippen LogP contribution >= 0.6 is 0 Å². The first-order valence-electron chi connectivity index (χ1n) is 32.3. The Morgan fingerprint density at radius 2 is 0.457 bits per heavy atom. The lowest BCUT2D eigenvalue weighted by Gasteiger charge is -2.18. The van der Waals surface area contributed by atoms with Gasteiger partial charge in [-0.2, -0.15) is 0 Å². The van der Waals surface area contributed by atoms with E-state index in [2.05, 4.69) is 203 Å². The molecule has 0 N–H and O–H groups in total. The van der Waals surface area contributed by atoms with Crippen LogP contribution in [0.1, 0.15) is 252 Å². The second-order valence-corrected chi connectivity index (χ2v) is 20.5. The second-order valence-electron chi connectivity index (χ2n) is 20.5. The largest absolute Gasteiger partial charge is 0.462 e. The van der Waals surface area contributed by atoms with E-state index in [-0.39, 0.29) is 37.5 Å². The first-order valence-corrected chi connectivity index (χ1v) is 32.3. The van der Waals surface area contributed by atoms with Gasteiger partial charge in [0.1, 0.15) is 13.2 Å². The van der Waals surface area contributed by atoms with Crippen molar-refractivity contribution >= 4 is 17.9 Å². The van der Waals surface area contributed by atoms with E-state index in [1.165, 1.54) is 44.9 Å². The second kappa shape index (κ2) is 67.0. The molecule has 0 aliphatic heterocycles. The monoisotopic (exact) mass is 1110 g/mol. The molecule has 452 valence electrons. The molecular formula is C75H116O6. The highest BCUT2D eigenvalue weighted by molar-refractivity contribution is 5.71. The van der Waals surface area contributed by atoms with Gasteiger partial charge in [0.25, 0.3) is 0 Å². The Morgan fingerprint density at radius 1 is 0.247 bits per heavy atom. The van der Waals surface area contributed by atoms with Crippen molar-refractivity contribution in [3.05, 3.63) is 182 Å². The van der Waals surface area contributed by atoms with Crippen molar-refractivity contribution in [1.29, 1.82) is 0 Å². The van der Waals surface area contributed by atoms with E-state index in [4.69, 9.17) is 14.2 Å². The van der Waals surface area contributed by atoms with Gasteiger partial charge in [-0.15, -0.1) is 0 Å². The molecule has 0 fully saturated rings. The maximum Gasteiger partial charge on any atom is 0.306 e. The van der Waals surface area contributed by atoms with Crippen LogP contribution in [0, 0.1) is 0 Å².